The Labute approximate surface area is 175 Å². The molecule has 3 N–H and O–H groups in total. The van der Waals surface area contributed by atoms with Crippen LogP contribution in [0.3, 0.4) is 0 Å². The van der Waals surface area contributed by atoms with E-state index in [1.54, 1.807) is 7.05 Å². The Morgan fingerprint density at radius 3 is 2.31 bits per heavy atom. The van der Waals surface area contributed by atoms with Gasteiger partial charge in [0.05, 0.1) is 6.61 Å². The van der Waals surface area contributed by atoms with E-state index in [0.717, 1.165) is 24.3 Å². The molecule has 8 nitrogen and oxygen atoms in total. The van der Waals surface area contributed by atoms with Crippen molar-refractivity contribution in [2.24, 2.45) is 4.99 Å². The van der Waals surface area contributed by atoms with Gasteiger partial charge in [0.1, 0.15) is 11.4 Å². The van der Waals surface area contributed by atoms with Gasteiger partial charge < -0.3 is 30.3 Å². The molecule has 0 aliphatic heterocycles. The van der Waals surface area contributed by atoms with E-state index in [0.29, 0.717) is 32.2 Å². The number of alkyl carbamates (subject to hydrolysis) is 1. The second kappa shape index (κ2) is 12.9. The van der Waals surface area contributed by atoms with E-state index >= 15 is 0 Å². The minimum absolute atomic E-state index is 0.425. The number of hydrogen-bond acceptors (Lipinski definition) is 5. The second-order valence-electron chi connectivity index (χ2n) is 7.93. The van der Waals surface area contributed by atoms with Crippen molar-refractivity contribution in [3.8, 4) is 5.75 Å². The molecule has 1 aromatic rings. The average Bonchev–Trinajstić information content (AvgIpc) is 2.64. The molecule has 0 fully saturated rings. The van der Waals surface area contributed by atoms with Crippen LogP contribution in [0.4, 0.5) is 4.79 Å². The van der Waals surface area contributed by atoms with E-state index in [4.69, 9.17) is 9.47 Å². The summed E-state index contributed by atoms with van der Waals surface area (Å²) in [5.41, 5.74) is 0.627. The van der Waals surface area contributed by atoms with Gasteiger partial charge in [-0.2, -0.15) is 0 Å². The van der Waals surface area contributed by atoms with Gasteiger partial charge in [0.25, 0.3) is 0 Å². The number of ether oxygens (including phenoxy) is 2. The van der Waals surface area contributed by atoms with E-state index in [2.05, 4.69) is 39.9 Å². The predicted molar refractivity (Wildman–Crippen MR) is 118 cm³/mol. The molecule has 1 rings (SSSR count). The summed E-state index contributed by atoms with van der Waals surface area (Å²) in [6.45, 7) is 8.85. The molecule has 1 amide bonds. The molecule has 0 saturated heterocycles. The number of nitrogens with zero attached hydrogens (tertiary/aromatic N) is 2. The standard InChI is InChI=1S/C21H37N5O3/c1-21(2,3)29-20(27)24-13-12-23-19(22-4)25-16-17-8-10-18(11-9-17)28-15-7-14-26(5)6/h8-11H,7,12-16H2,1-6H3,(H,24,27)(H2,22,23,25). The second-order valence-corrected chi connectivity index (χ2v) is 7.93. The monoisotopic (exact) mass is 407 g/mol. The minimum Gasteiger partial charge on any atom is -0.494 e. The van der Waals surface area contributed by atoms with Crippen LogP contribution in [-0.2, 0) is 11.3 Å². The highest BCUT2D eigenvalue weighted by molar-refractivity contribution is 5.79. The van der Waals surface area contributed by atoms with Gasteiger partial charge in [0.2, 0.25) is 0 Å². The van der Waals surface area contributed by atoms with E-state index in [9.17, 15) is 4.79 Å². The van der Waals surface area contributed by atoms with Crippen molar-refractivity contribution in [1.29, 1.82) is 0 Å². The smallest absolute Gasteiger partial charge is 0.407 e. The van der Waals surface area contributed by atoms with Crippen LogP contribution in [0.2, 0.25) is 0 Å². The van der Waals surface area contributed by atoms with Crippen molar-refractivity contribution in [3.05, 3.63) is 29.8 Å². The van der Waals surface area contributed by atoms with Crippen molar-refractivity contribution in [2.45, 2.75) is 39.3 Å². The Balaban J connectivity index is 2.26. The number of benzene rings is 1. The topological polar surface area (TPSA) is 87.2 Å². The highest BCUT2D eigenvalue weighted by Gasteiger charge is 2.15. The first-order chi connectivity index (χ1) is 13.7. The Kier molecular flexibility index (Phi) is 10.9. The maximum atomic E-state index is 11.6. The zero-order valence-corrected chi connectivity index (χ0v) is 18.7. The molecule has 0 aromatic heterocycles. The highest BCUT2D eigenvalue weighted by Crippen LogP contribution is 2.12. The summed E-state index contributed by atoms with van der Waals surface area (Å²) in [5.74, 6) is 1.54. The van der Waals surface area contributed by atoms with Crippen molar-refractivity contribution in [2.75, 3.05) is 47.4 Å². The third-order valence-corrected chi connectivity index (χ3v) is 3.71. The van der Waals surface area contributed by atoms with Crippen LogP contribution in [-0.4, -0.2) is 69.9 Å². The van der Waals surface area contributed by atoms with E-state index in [1.165, 1.54) is 0 Å². The number of nitrogens with one attached hydrogen (secondary N) is 3. The lowest BCUT2D eigenvalue weighted by Crippen LogP contribution is -2.42. The van der Waals surface area contributed by atoms with Crippen LogP contribution < -0.4 is 20.7 Å². The number of amides is 1. The van der Waals surface area contributed by atoms with Crippen LogP contribution >= 0.6 is 0 Å². The van der Waals surface area contributed by atoms with E-state index in [-0.39, 0.29) is 0 Å². The predicted octanol–water partition coefficient (Wildman–Crippen LogP) is 2.21. The fraction of sp³-hybridized carbons (Fsp3) is 0.619. The third kappa shape index (κ3) is 12.6. The Morgan fingerprint density at radius 1 is 1.07 bits per heavy atom. The number of carbonyl (C=O) groups is 1. The molecule has 8 heteroatoms. The summed E-state index contributed by atoms with van der Waals surface area (Å²) in [4.78, 5) is 17.9. The van der Waals surface area contributed by atoms with Gasteiger partial charge in [0.15, 0.2) is 5.96 Å². The van der Waals surface area contributed by atoms with Gasteiger partial charge >= 0.3 is 6.09 Å². The highest BCUT2D eigenvalue weighted by atomic mass is 16.6. The summed E-state index contributed by atoms with van der Waals surface area (Å²) in [5, 5.41) is 9.10. The summed E-state index contributed by atoms with van der Waals surface area (Å²) in [6.07, 6.45) is 0.576. The molecule has 0 aliphatic rings. The first kappa shape index (κ1) is 24.6. The lowest BCUT2D eigenvalue weighted by molar-refractivity contribution is 0.0529. The number of carbonyl (C=O) groups excluding carboxylic acids is 1. The maximum absolute atomic E-state index is 11.6. The summed E-state index contributed by atoms with van der Waals surface area (Å²) >= 11 is 0. The molecule has 0 spiro atoms. The molecule has 0 atom stereocenters. The molecule has 0 radical (unpaired) electrons. The number of hydrogen-bond donors (Lipinski definition) is 3. The fourth-order valence-electron chi connectivity index (χ4n) is 2.34. The van der Waals surface area contributed by atoms with Crippen molar-refractivity contribution >= 4 is 12.1 Å². The molecular weight excluding hydrogens is 370 g/mol. The van der Waals surface area contributed by atoms with Gasteiger partial charge in [0, 0.05) is 33.2 Å². The molecule has 0 bridgehead atoms. The molecule has 164 valence electrons. The maximum Gasteiger partial charge on any atom is 0.407 e. The molecule has 0 saturated carbocycles. The summed E-state index contributed by atoms with van der Waals surface area (Å²) < 4.78 is 10.9. The van der Waals surface area contributed by atoms with Gasteiger partial charge in [-0.05, 0) is 59.0 Å². The zero-order chi connectivity index (χ0) is 21.7. The van der Waals surface area contributed by atoms with Gasteiger partial charge in [-0.25, -0.2) is 4.79 Å². The largest absolute Gasteiger partial charge is 0.494 e. The number of rotatable bonds is 10. The van der Waals surface area contributed by atoms with Crippen LogP contribution in [0.25, 0.3) is 0 Å². The Bertz CT molecular complexity index is 624. The zero-order valence-electron chi connectivity index (χ0n) is 18.7. The van der Waals surface area contributed by atoms with Crippen molar-refractivity contribution < 1.29 is 14.3 Å². The summed E-state index contributed by atoms with van der Waals surface area (Å²) in [7, 11) is 5.82. The van der Waals surface area contributed by atoms with Crippen LogP contribution in [0.5, 0.6) is 5.75 Å². The molecule has 29 heavy (non-hydrogen) atoms. The van der Waals surface area contributed by atoms with Crippen LogP contribution in [0.1, 0.15) is 32.8 Å². The van der Waals surface area contributed by atoms with Gasteiger partial charge in [-0.15, -0.1) is 0 Å². The fourth-order valence-corrected chi connectivity index (χ4v) is 2.34. The quantitative estimate of drug-likeness (QED) is 0.313. The van der Waals surface area contributed by atoms with Gasteiger partial charge in [-0.1, -0.05) is 12.1 Å². The summed E-state index contributed by atoms with van der Waals surface area (Å²) in [6, 6.07) is 8.03. The lowest BCUT2D eigenvalue weighted by Gasteiger charge is -2.20. The molecule has 0 heterocycles. The first-order valence-electron chi connectivity index (χ1n) is 9.97. The Hall–Kier alpha value is -2.48. The average molecular weight is 408 g/mol. The minimum atomic E-state index is -0.498. The molecular formula is C21H37N5O3. The van der Waals surface area contributed by atoms with E-state index in [1.807, 2.05) is 45.0 Å². The number of aliphatic imine (C=N–C) groups is 1. The van der Waals surface area contributed by atoms with Crippen LogP contribution in [0, 0.1) is 0 Å². The number of guanidine groups is 1. The van der Waals surface area contributed by atoms with Gasteiger partial charge in [-0.3, -0.25) is 4.99 Å². The van der Waals surface area contributed by atoms with Crippen molar-refractivity contribution in [3.63, 3.8) is 0 Å². The third-order valence-electron chi connectivity index (χ3n) is 3.71. The SMILES string of the molecule is CN=C(NCCNC(=O)OC(C)(C)C)NCc1ccc(OCCCN(C)C)cc1. The molecule has 0 unspecified atom stereocenters. The van der Waals surface area contributed by atoms with E-state index < -0.39 is 11.7 Å². The molecule has 1 aromatic carbocycles. The Morgan fingerprint density at radius 2 is 1.72 bits per heavy atom. The molecule has 0 aliphatic carbocycles. The van der Waals surface area contributed by atoms with Crippen molar-refractivity contribution in [1.82, 2.24) is 20.9 Å². The lowest BCUT2D eigenvalue weighted by atomic mass is 10.2. The first-order valence-corrected chi connectivity index (χ1v) is 9.97. The van der Waals surface area contributed by atoms with Crippen LogP contribution in [0.15, 0.2) is 29.3 Å². The normalized spacial score (nSPS) is 11.9.